The molecule has 25 heavy (non-hydrogen) atoms. The highest BCUT2D eigenvalue weighted by Gasteiger charge is 2.24. The molecule has 132 valence electrons. The lowest BCUT2D eigenvalue weighted by Crippen LogP contribution is -2.35. The molecule has 1 saturated heterocycles. The predicted octanol–water partition coefficient (Wildman–Crippen LogP) is 3.18. The highest BCUT2D eigenvalue weighted by Crippen LogP contribution is 2.29. The number of nitrogens with two attached hydrogens (primary N) is 1. The summed E-state index contributed by atoms with van der Waals surface area (Å²) >= 11 is 0. The Balaban J connectivity index is 1.48. The number of ether oxygens (including phenoxy) is 1. The Morgan fingerprint density at radius 3 is 2.76 bits per heavy atom. The van der Waals surface area contributed by atoms with Crippen LogP contribution in [-0.2, 0) is 0 Å². The third-order valence-corrected chi connectivity index (χ3v) is 4.64. The lowest BCUT2D eigenvalue weighted by molar-refractivity contribution is 0.1000. The molecule has 2 aromatic rings. The van der Waals surface area contributed by atoms with E-state index in [4.69, 9.17) is 10.5 Å². The van der Waals surface area contributed by atoms with Gasteiger partial charge in [0, 0.05) is 18.3 Å². The SMILES string of the molecule is NC(=O)c1ccc(OCCCN2CCCCC2c2ccccn2)cc1. The molecule has 1 aliphatic heterocycles. The molecule has 1 amide bonds. The van der Waals surface area contributed by atoms with Crippen LogP contribution in [0.1, 0.15) is 47.8 Å². The minimum atomic E-state index is -0.419. The van der Waals surface area contributed by atoms with Crippen LogP contribution in [0.25, 0.3) is 0 Å². The Labute approximate surface area is 148 Å². The van der Waals surface area contributed by atoms with E-state index in [1.54, 1.807) is 24.3 Å². The molecule has 1 aliphatic rings. The lowest BCUT2D eigenvalue weighted by atomic mass is 9.98. The number of likely N-dealkylation sites (tertiary alicyclic amines) is 1. The largest absolute Gasteiger partial charge is 0.494 e. The number of benzene rings is 1. The summed E-state index contributed by atoms with van der Waals surface area (Å²) in [5.41, 5.74) is 6.91. The molecule has 0 bridgehead atoms. The number of carbonyl (C=O) groups excluding carboxylic acids is 1. The summed E-state index contributed by atoms with van der Waals surface area (Å²) in [6.07, 6.45) is 6.52. The number of hydrogen-bond donors (Lipinski definition) is 1. The zero-order valence-corrected chi connectivity index (χ0v) is 14.4. The second kappa shape index (κ2) is 8.62. The molecule has 1 atom stereocenters. The van der Waals surface area contributed by atoms with Gasteiger partial charge in [-0.15, -0.1) is 0 Å². The topological polar surface area (TPSA) is 68.5 Å². The van der Waals surface area contributed by atoms with Crippen LogP contribution in [0.4, 0.5) is 0 Å². The zero-order chi connectivity index (χ0) is 17.5. The van der Waals surface area contributed by atoms with Gasteiger partial charge in [-0.2, -0.15) is 0 Å². The van der Waals surface area contributed by atoms with Gasteiger partial charge in [0.1, 0.15) is 5.75 Å². The summed E-state index contributed by atoms with van der Waals surface area (Å²) in [7, 11) is 0. The molecule has 3 rings (SSSR count). The smallest absolute Gasteiger partial charge is 0.248 e. The first-order valence-electron chi connectivity index (χ1n) is 8.92. The number of aromatic nitrogens is 1. The van der Waals surface area contributed by atoms with E-state index in [-0.39, 0.29) is 0 Å². The number of rotatable bonds is 7. The molecule has 0 radical (unpaired) electrons. The first-order chi connectivity index (χ1) is 12.2. The maximum Gasteiger partial charge on any atom is 0.248 e. The molecule has 2 heterocycles. The maximum atomic E-state index is 11.1. The first kappa shape index (κ1) is 17.4. The van der Waals surface area contributed by atoms with Crippen molar-refractivity contribution in [3.8, 4) is 5.75 Å². The third kappa shape index (κ3) is 4.79. The molecule has 0 saturated carbocycles. The van der Waals surface area contributed by atoms with Crippen LogP contribution < -0.4 is 10.5 Å². The van der Waals surface area contributed by atoms with Gasteiger partial charge in [0.05, 0.1) is 18.3 Å². The molecule has 5 heteroatoms. The highest BCUT2D eigenvalue weighted by molar-refractivity contribution is 5.92. The lowest BCUT2D eigenvalue weighted by Gasteiger charge is -2.35. The van der Waals surface area contributed by atoms with Crippen LogP contribution in [0.15, 0.2) is 48.7 Å². The molecule has 0 aliphatic carbocycles. The Kier molecular flexibility index (Phi) is 6.01. The first-order valence-corrected chi connectivity index (χ1v) is 8.92. The summed E-state index contributed by atoms with van der Waals surface area (Å²) in [4.78, 5) is 18.1. The van der Waals surface area contributed by atoms with Gasteiger partial charge in [-0.25, -0.2) is 0 Å². The average Bonchev–Trinajstić information content (AvgIpc) is 2.66. The van der Waals surface area contributed by atoms with Crippen LogP contribution in [-0.4, -0.2) is 35.5 Å². The van der Waals surface area contributed by atoms with E-state index < -0.39 is 5.91 Å². The second-order valence-electron chi connectivity index (χ2n) is 6.39. The van der Waals surface area contributed by atoms with Crippen molar-refractivity contribution in [2.24, 2.45) is 5.73 Å². The van der Waals surface area contributed by atoms with Crippen LogP contribution >= 0.6 is 0 Å². The van der Waals surface area contributed by atoms with E-state index >= 15 is 0 Å². The minimum Gasteiger partial charge on any atom is -0.494 e. The van der Waals surface area contributed by atoms with E-state index in [2.05, 4.69) is 22.0 Å². The van der Waals surface area contributed by atoms with Gasteiger partial charge in [0.15, 0.2) is 0 Å². The van der Waals surface area contributed by atoms with Gasteiger partial charge < -0.3 is 10.5 Å². The van der Waals surface area contributed by atoms with Gasteiger partial charge in [-0.3, -0.25) is 14.7 Å². The molecule has 1 unspecified atom stereocenters. The molecular formula is C20H25N3O2. The Bertz CT molecular complexity index is 673. The van der Waals surface area contributed by atoms with Crippen molar-refractivity contribution in [1.29, 1.82) is 0 Å². The fourth-order valence-electron chi connectivity index (χ4n) is 3.34. The monoisotopic (exact) mass is 339 g/mol. The Morgan fingerprint density at radius 2 is 2.04 bits per heavy atom. The van der Waals surface area contributed by atoms with E-state index in [0.29, 0.717) is 18.2 Å². The van der Waals surface area contributed by atoms with Gasteiger partial charge >= 0.3 is 0 Å². The van der Waals surface area contributed by atoms with Gasteiger partial charge in [-0.1, -0.05) is 12.5 Å². The van der Waals surface area contributed by atoms with Crippen molar-refractivity contribution >= 4 is 5.91 Å². The zero-order valence-electron chi connectivity index (χ0n) is 14.4. The van der Waals surface area contributed by atoms with Crippen molar-refractivity contribution in [1.82, 2.24) is 9.88 Å². The van der Waals surface area contributed by atoms with E-state index in [1.165, 1.54) is 25.0 Å². The van der Waals surface area contributed by atoms with Gasteiger partial charge in [-0.05, 0) is 62.2 Å². The molecule has 0 spiro atoms. The molecule has 2 N–H and O–H groups in total. The Morgan fingerprint density at radius 1 is 1.20 bits per heavy atom. The third-order valence-electron chi connectivity index (χ3n) is 4.64. The predicted molar refractivity (Wildman–Crippen MR) is 97.5 cm³/mol. The van der Waals surface area contributed by atoms with Crippen molar-refractivity contribution < 1.29 is 9.53 Å². The number of piperidine rings is 1. The number of primary amides is 1. The molecule has 1 aromatic carbocycles. The average molecular weight is 339 g/mol. The van der Waals surface area contributed by atoms with Crippen LogP contribution in [0.2, 0.25) is 0 Å². The standard InChI is InChI=1S/C20H25N3O2/c21-20(24)16-8-10-17(11-9-16)25-15-5-14-23-13-4-2-7-19(23)18-6-1-3-12-22-18/h1,3,6,8-12,19H,2,4-5,7,13-15H2,(H2,21,24). The van der Waals surface area contributed by atoms with Crippen molar-refractivity contribution in [3.05, 3.63) is 59.9 Å². The van der Waals surface area contributed by atoms with Crippen LogP contribution in [0.5, 0.6) is 5.75 Å². The normalized spacial score (nSPS) is 18.0. The van der Waals surface area contributed by atoms with Crippen molar-refractivity contribution in [2.75, 3.05) is 19.7 Å². The molecule has 5 nitrogen and oxygen atoms in total. The van der Waals surface area contributed by atoms with Crippen LogP contribution in [0.3, 0.4) is 0 Å². The van der Waals surface area contributed by atoms with E-state index in [9.17, 15) is 4.79 Å². The molecule has 1 fully saturated rings. The fourth-order valence-corrected chi connectivity index (χ4v) is 3.34. The fraction of sp³-hybridized carbons (Fsp3) is 0.400. The molecule has 1 aromatic heterocycles. The number of amides is 1. The number of carbonyl (C=O) groups is 1. The quantitative estimate of drug-likeness (QED) is 0.787. The van der Waals surface area contributed by atoms with Gasteiger partial charge in [0.25, 0.3) is 0 Å². The number of pyridine rings is 1. The van der Waals surface area contributed by atoms with Crippen molar-refractivity contribution in [3.63, 3.8) is 0 Å². The minimum absolute atomic E-state index is 0.419. The number of nitrogens with zero attached hydrogens (tertiary/aromatic N) is 2. The van der Waals surface area contributed by atoms with E-state index in [0.717, 1.165) is 25.3 Å². The Hall–Kier alpha value is -2.40. The maximum absolute atomic E-state index is 11.1. The van der Waals surface area contributed by atoms with Crippen molar-refractivity contribution in [2.45, 2.75) is 31.7 Å². The number of hydrogen-bond acceptors (Lipinski definition) is 4. The summed E-state index contributed by atoms with van der Waals surface area (Å²) in [6, 6.07) is 13.5. The van der Waals surface area contributed by atoms with Crippen LogP contribution in [0, 0.1) is 0 Å². The summed E-state index contributed by atoms with van der Waals surface area (Å²) < 4.78 is 5.78. The summed E-state index contributed by atoms with van der Waals surface area (Å²) in [5.74, 6) is 0.349. The van der Waals surface area contributed by atoms with E-state index in [1.807, 2.05) is 12.3 Å². The second-order valence-corrected chi connectivity index (χ2v) is 6.39. The molecular weight excluding hydrogens is 314 g/mol. The summed E-state index contributed by atoms with van der Waals surface area (Å²) in [6.45, 7) is 2.77. The highest BCUT2D eigenvalue weighted by atomic mass is 16.5. The summed E-state index contributed by atoms with van der Waals surface area (Å²) in [5, 5.41) is 0. The van der Waals surface area contributed by atoms with Gasteiger partial charge in [0.2, 0.25) is 5.91 Å².